The molecule has 0 bridgehead atoms. The van der Waals surface area contributed by atoms with E-state index in [-0.39, 0.29) is 18.1 Å². The van der Waals surface area contributed by atoms with Crippen LogP contribution in [-0.4, -0.2) is 38.1 Å². The summed E-state index contributed by atoms with van der Waals surface area (Å²) in [4.78, 5) is 39.6. The highest BCUT2D eigenvalue weighted by Crippen LogP contribution is 2.36. The number of anilines is 2. The van der Waals surface area contributed by atoms with Crippen molar-refractivity contribution < 1.29 is 9.59 Å². The topological polar surface area (TPSA) is 142 Å². The summed E-state index contributed by atoms with van der Waals surface area (Å²) in [6.07, 6.45) is 4.01. The van der Waals surface area contributed by atoms with Gasteiger partial charge in [0.15, 0.2) is 5.82 Å². The van der Waals surface area contributed by atoms with E-state index in [4.69, 9.17) is 5.53 Å². The third-order valence-electron chi connectivity index (χ3n) is 5.14. The average molecular weight is 452 g/mol. The second kappa shape index (κ2) is 8.40. The number of rotatable bonds is 6. The summed E-state index contributed by atoms with van der Waals surface area (Å²) >= 11 is 1.35. The molecule has 0 atom stereocenters. The number of hydrogen-bond donors (Lipinski definition) is 1. The molecule has 0 radical (unpaired) electrons. The van der Waals surface area contributed by atoms with Crippen molar-refractivity contribution in [3.63, 3.8) is 0 Å². The lowest BCUT2D eigenvalue weighted by atomic mass is 9.92. The van der Waals surface area contributed by atoms with Crippen LogP contribution in [0.4, 0.5) is 11.5 Å². The maximum atomic E-state index is 12.9. The van der Waals surface area contributed by atoms with E-state index in [0.717, 1.165) is 11.3 Å². The van der Waals surface area contributed by atoms with Crippen LogP contribution < -0.4 is 10.2 Å². The Hall–Kier alpha value is -3.76. The van der Waals surface area contributed by atoms with Gasteiger partial charge in [0.2, 0.25) is 5.91 Å². The van der Waals surface area contributed by atoms with E-state index in [0.29, 0.717) is 28.8 Å². The van der Waals surface area contributed by atoms with Gasteiger partial charge in [0, 0.05) is 35.0 Å². The summed E-state index contributed by atoms with van der Waals surface area (Å²) < 4.78 is 1.56. The van der Waals surface area contributed by atoms with Crippen LogP contribution in [0.15, 0.2) is 35.7 Å². The Labute approximate surface area is 187 Å². The number of aromatic nitrogens is 4. The zero-order chi connectivity index (χ0) is 22.9. The minimum atomic E-state index is -0.459. The van der Waals surface area contributed by atoms with Gasteiger partial charge in [0.1, 0.15) is 16.4 Å². The lowest BCUT2D eigenvalue weighted by Gasteiger charge is -2.18. The largest absolute Gasteiger partial charge is 0.316 e. The normalized spacial score (nSPS) is 15.0. The monoisotopic (exact) mass is 451 g/mol. The van der Waals surface area contributed by atoms with Gasteiger partial charge < -0.3 is 5.32 Å². The summed E-state index contributed by atoms with van der Waals surface area (Å²) in [5.74, 6) is -0.0137. The van der Waals surface area contributed by atoms with Crippen LogP contribution in [-0.2, 0) is 18.4 Å². The first kappa shape index (κ1) is 21.5. The Bertz CT molecular complexity index is 1240. The molecule has 0 saturated carbocycles. The number of pyridine rings is 1. The first-order valence-electron chi connectivity index (χ1n) is 9.88. The molecule has 2 amide bonds. The first-order chi connectivity index (χ1) is 15.3. The molecular formula is C20H21N9O2S. The minimum Gasteiger partial charge on any atom is -0.316 e. The zero-order valence-corrected chi connectivity index (χ0v) is 18.6. The Morgan fingerprint density at radius 1 is 1.41 bits per heavy atom. The lowest BCUT2D eigenvalue weighted by molar-refractivity contribution is -0.124. The van der Waals surface area contributed by atoms with E-state index in [2.05, 4.69) is 30.4 Å². The van der Waals surface area contributed by atoms with Crippen molar-refractivity contribution in [3.05, 3.63) is 51.6 Å². The summed E-state index contributed by atoms with van der Waals surface area (Å²) in [6, 6.07) is 5.09. The van der Waals surface area contributed by atoms with Gasteiger partial charge in [-0.25, -0.2) is 9.97 Å². The van der Waals surface area contributed by atoms with Crippen molar-refractivity contribution in [1.82, 2.24) is 19.7 Å². The highest BCUT2D eigenvalue weighted by Gasteiger charge is 2.41. The number of nitrogens with zero attached hydrogens (tertiary/aromatic N) is 8. The van der Waals surface area contributed by atoms with Crippen molar-refractivity contribution in [2.24, 2.45) is 17.6 Å². The van der Waals surface area contributed by atoms with Crippen LogP contribution in [0.1, 0.15) is 35.6 Å². The van der Waals surface area contributed by atoms with Gasteiger partial charge in [-0.3, -0.25) is 19.2 Å². The SMILES string of the molecule is Cn1cc(NC(=O)c2cccc(-c3ncc(CN=[N+]=[N-])s3)n2)c(N2CCC(C)(C)C2=O)n1. The molecule has 32 heavy (non-hydrogen) atoms. The second-order valence-electron chi connectivity index (χ2n) is 8.01. The van der Waals surface area contributed by atoms with E-state index >= 15 is 0 Å². The number of carbonyl (C=O) groups is 2. The Morgan fingerprint density at radius 3 is 2.94 bits per heavy atom. The molecule has 0 aliphatic carbocycles. The molecule has 3 aromatic rings. The fourth-order valence-electron chi connectivity index (χ4n) is 3.40. The fraction of sp³-hybridized carbons (Fsp3) is 0.350. The molecule has 0 unspecified atom stereocenters. The van der Waals surface area contributed by atoms with E-state index in [9.17, 15) is 9.59 Å². The molecule has 164 valence electrons. The van der Waals surface area contributed by atoms with Crippen LogP contribution in [0.3, 0.4) is 0 Å². The third kappa shape index (κ3) is 4.18. The Morgan fingerprint density at radius 2 is 2.22 bits per heavy atom. The number of thiazole rings is 1. The molecule has 4 rings (SSSR count). The van der Waals surface area contributed by atoms with Gasteiger partial charge in [-0.1, -0.05) is 25.0 Å². The highest BCUT2D eigenvalue weighted by molar-refractivity contribution is 7.15. The smallest absolute Gasteiger partial charge is 0.274 e. The van der Waals surface area contributed by atoms with Crippen LogP contribution >= 0.6 is 11.3 Å². The third-order valence-corrected chi connectivity index (χ3v) is 6.15. The summed E-state index contributed by atoms with van der Waals surface area (Å²) in [5.41, 5.74) is 9.19. The maximum Gasteiger partial charge on any atom is 0.274 e. The molecule has 0 spiro atoms. The van der Waals surface area contributed by atoms with Gasteiger partial charge in [-0.2, -0.15) is 5.10 Å². The van der Waals surface area contributed by atoms with Crippen LogP contribution in [0.5, 0.6) is 0 Å². The van der Waals surface area contributed by atoms with Crippen molar-refractivity contribution >= 4 is 34.7 Å². The van der Waals surface area contributed by atoms with Gasteiger partial charge >= 0.3 is 0 Å². The van der Waals surface area contributed by atoms with Crippen LogP contribution in [0.2, 0.25) is 0 Å². The molecule has 3 aromatic heterocycles. The predicted molar refractivity (Wildman–Crippen MR) is 120 cm³/mol. The van der Waals surface area contributed by atoms with Crippen LogP contribution in [0.25, 0.3) is 21.1 Å². The number of carbonyl (C=O) groups excluding carboxylic acids is 2. The summed E-state index contributed by atoms with van der Waals surface area (Å²) in [7, 11) is 1.74. The van der Waals surface area contributed by atoms with Crippen molar-refractivity contribution in [2.75, 3.05) is 16.8 Å². The number of azide groups is 1. The van der Waals surface area contributed by atoms with E-state index in [1.54, 1.807) is 47.2 Å². The second-order valence-corrected chi connectivity index (χ2v) is 9.13. The van der Waals surface area contributed by atoms with Crippen LogP contribution in [0, 0.1) is 5.41 Å². The van der Waals surface area contributed by atoms with E-state index < -0.39 is 11.3 Å². The van der Waals surface area contributed by atoms with Crippen molar-refractivity contribution in [1.29, 1.82) is 0 Å². The molecule has 11 nitrogen and oxygen atoms in total. The molecule has 12 heteroatoms. The van der Waals surface area contributed by atoms with Crippen molar-refractivity contribution in [2.45, 2.75) is 26.8 Å². The summed E-state index contributed by atoms with van der Waals surface area (Å²) in [6.45, 7) is 4.57. The Balaban J connectivity index is 1.56. The Kier molecular flexibility index (Phi) is 5.64. The van der Waals surface area contributed by atoms with Gasteiger partial charge in [0.25, 0.3) is 5.91 Å². The predicted octanol–water partition coefficient (Wildman–Crippen LogP) is 3.76. The van der Waals surface area contributed by atoms with E-state index in [1.165, 1.54) is 11.3 Å². The molecule has 1 aliphatic heterocycles. The zero-order valence-electron chi connectivity index (χ0n) is 17.8. The number of aryl methyl sites for hydroxylation is 1. The highest BCUT2D eigenvalue weighted by atomic mass is 32.1. The lowest BCUT2D eigenvalue weighted by Crippen LogP contribution is -2.32. The molecule has 0 aromatic carbocycles. The average Bonchev–Trinajstić information content (AvgIpc) is 3.45. The van der Waals surface area contributed by atoms with Gasteiger partial charge in [-0.05, 0) is 24.1 Å². The number of hydrogen-bond acceptors (Lipinski definition) is 7. The van der Waals surface area contributed by atoms with Gasteiger partial charge in [-0.15, -0.1) is 11.3 Å². The first-order valence-corrected chi connectivity index (χ1v) is 10.7. The number of nitrogens with one attached hydrogen (secondary N) is 1. The minimum absolute atomic E-state index is 0.0212. The molecule has 4 heterocycles. The molecule has 1 N–H and O–H groups in total. The molecule has 1 saturated heterocycles. The van der Waals surface area contributed by atoms with Gasteiger partial charge in [0.05, 0.1) is 18.4 Å². The van der Waals surface area contributed by atoms with E-state index in [1.807, 2.05) is 13.8 Å². The van der Waals surface area contributed by atoms with Crippen molar-refractivity contribution in [3.8, 4) is 10.7 Å². The number of amides is 2. The standard InChI is InChI=1S/C20H21N9O2S/c1-20(2)7-8-29(19(20)31)16-15(11-28(3)26-16)25-17(30)13-5-4-6-14(24-13)18-22-9-12(32-18)10-23-27-21/h4-6,9,11H,7-8,10H2,1-3H3,(H,25,30). The molecule has 1 aliphatic rings. The molecule has 1 fully saturated rings. The molecular weight excluding hydrogens is 430 g/mol. The quantitative estimate of drug-likeness (QED) is 0.345. The summed E-state index contributed by atoms with van der Waals surface area (Å²) in [5, 5.41) is 11.4. The fourth-order valence-corrected chi connectivity index (χ4v) is 4.20. The maximum absolute atomic E-state index is 12.9.